The van der Waals surface area contributed by atoms with Gasteiger partial charge in [-0.05, 0) is 21.9 Å². The first-order valence-corrected chi connectivity index (χ1v) is 6.29. The maximum Gasteiger partial charge on any atom is 0.421 e. The van der Waals surface area contributed by atoms with Crippen LogP contribution in [0.3, 0.4) is 0 Å². The molecule has 5 nitrogen and oxygen atoms in total. The van der Waals surface area contributed by atoms with Crippen LogP contribution in [-0.4, -0.2) is 13.0 Å². The molecule has 9 heteroatoms. The summed E-state index contributed by atoms with van der Waals surface area (Å²) in [5.41, 5.74) is 0.954. The van der Waals surface area contributed by atoms with Crippen molar-refractivity contribution >= 4 is 32.0 Å². The van der Waals surface area contributed by atoms with Gasteiger partial charge in [0, 0.05) is 6.07 Å². The van der Waals surface area contributed by atoms with Crippen molar-refractivity contribution in [1.29, 1.82) is 0 Å². The second kappa shape index (κ2) is 5.45. The predicted molar refractivity (Wildman–Crippen MR) is 54.8 cm³/mol. The monoisotopic (exact) mass is 283 g/mol. The van der Waals surface area contributed by atoms with Gasteiger partial charge in [-0.3, -0.25) is 0 Å². The average molecular weight is 283 g/mol. The third kappa shape index (κ3) is 3.97. The standard InChI is InChI=1S/C8H7FNS.FHO4S/c1-10-6-4-2-3-5-7(6)11-8(10)9;1-5-6(2,3)4/h2-5H,1H3;(H,2,3,4)/q+1;/p-1. The molecule has 0 unspecified atom stereocenters. The third-order valence-corrected chi connectivity index (χ3v) is 2.92. The van der Waals surface area contributed by atoms with E-state index in [1.165, 1.54) is 11.3 Å². The van der Waals surface area contributed by atoms with Crippen LogP contribution in [0, 0.1) is 5.26 Å². The Morgan fingerprint density at radius 2 is 1.94 bits per heavy atom. The molecule has 1 aromatic carbocycles. The molecule has 0 saturated heterocycles. The van der Waals surface area contributed by atoms with Gasteiger partial charge in [-0.15, -0.1) is 4.39 Å². The molecule has 94 valence electrons. The highest BCUT2D eigenvalue weighted by Gasteiger charge is 2.14. The summed E-state index contributed by atoms with van der Waals surface area (Å²) in [6, 6.07) is 7.66. The van der Waals surface area contributed by atoms with E-state index in [0.717, 1.165) is 10.2 Å². The lowest BCUT2D eigenvalue weighted by atomic mass is 10.3. The molecule has 0 bridgehead atoms. The van der Waals surface area contributed by atoms with E-state index in [2.05, 4.69) is 0 Å². The fourth-order valence-electron chi connectivity index (χ4n) is 1.07. The van der Waals surface area contributed by atoms with E-state index in [0.29, 0.717) is 0 Å². The van der Waals surface area contributed by atoms with Crippen LogP contribution in [0.4, 0.5) is 8.92 Å². The van der Waals surface area contributed by atoms with Crippen molar-refractivity contribution in [3.63, 3.8) is 0 Å². The Bertz CT molecular complexity index is 611. The number of hydrogen-bond acceptors (Lipinski definition) is 5. The van der Waals surface area contributed by atoms with Crippen molar-refractivity contribution in [1.82, 2.24) is 0 Å². The number of hydrogen-bond donors (Lipinski definition) is 0. The Hall–Kier alpha value is -1.16. The molecule has 0 fully saturated rings. The van der Waals surface area contributed by atoms with E-state index in [4.69, 9.17) is 13.0 Å². The highest BCUT2D eigenvalue weighted by molar-refractivity contribution is 7.80. The van der Waals surface area contributed by atoms with Crippen LogP contribution < -0.4 is 4.57 Å². The molecule has 17 heavy (non-hydrogen) atoms. The topological polar surface area (TPSA) is 70.3 Å². The van der Waals surface area contributed by atoms with Crippen LogP contribution in [-0.2, 0) is 21.8 Å². The minimum atomic E-state index is -5.08. The minimum Gasteiger partial charge on any atom is -0.724 e. The van der Waals surface area contributed by atoms with Gasteiger partial charge < -0.3 is 4.55 Å². The summed E-state index contributed by atoms with van der Waals surface area (Å²) in [5, 5.41) is -0.147. The molecule has 2 aromatic rings. The van der Waals surface area contributed by atoms with Gasteiger partial charge in [0.05, 0.1) is 0 Å². The molecule has 0 aliphatic rings. The number of thiazole rings is 1. The van der Waals surface area contributed by atoms with Crippen molar-refractivity contribution in [2.75, 3.05) is 0 Å². The highest BCUT2D eigenvalue weighted by Crippen LogP contribution is 2.17. The third-order valence-electron chi connectivity index (χ3n) is 1.76. The maximum absolute atomic E-state index is 12.9. The fourth-order valence-corrected chi connectivity index (χ4v) is 1.95. The Labute approximate surface area is 99.7 Å². The molecule has 0 spiro atoms. The van der Waals surface area contributed by atoms with Gasteiger partial charge in [0.25, 0.3) is 0 Å². The van der Waals surface area contributed by atoms with Crippen molar-refractivity contribution < 1.29 is 30.8 Å². The Morgan fingerprint density at radius 3 is 2.41 bits per heavy atom. The molecular formula is C8H7F2NO4S2. The summed E-state index contributed by atoms with van der Waals surface area (Å²) < 4.78 is 54.0. The highest BCUT2D eigenvalue weighted by atomic mass is 32.3. The molecule has 0 saturated carbocycles. The normalized spacial score (nSPS) is 11.1. The molecule has 0 radical (unpaired) electrons. The molecule has 0 aliphatic carbocycles. The van der Waals surface area contributed by atoms with Gasteiger partial charge >= 0.3 is 5.26 Å². The largest absolute Gasteiger partial charge is 0.724 e. The summed E-state index contributed by atoms with van der Waals surface area (Å²) >= 11 is 1.18. The number of aromatic nitrogens is 1. The number of fused-ring (bicyclic) bond motifs is 1. The fraction of sp³-hybridized carbons (Fsp3) is 0.125. The lowest BCUT2D eigenvalue weighted by Crippen LogP contribution is -2.29. The summed E-state index contributed by atoms with van der Waals surface area (Å²) in [7, 11) is -3.35. The summed E-state index contributed by atoms with van der Waals surface area (Å²) in [6.07, 6.45) is 0. The quantitative estimate of drug-likeness (QED) is 0.448. The SMILES string of the molecule is C[n+]1c(F)sc2ccccc21.O=S(=O)([O-])OF. The summed E-state index contributed by atoms with van der Waals surface area (Å²) in [5.74, 6) is 0. The Balaban J connectivity index is 0.000000209. The number of halogens is 2. The molecule has 0 amide bonds. The predicted octanol–water partition coefficient (Wildman–Crippen LogP) is 1.21. The zero-order valence-electron chi connectivity index (χ0n) is 8.46. The van der Waals surface area contributed by atoms with Crippen LogP contribution in [0.2, 0.25) is 0 Å². The average Bonchev–Trinajstić information content (AvgIpc) is 2.56. The van der Waals surface area contributed by atoms with Crippen molar-refractivity contribution in [2.45, 2.75) is 0 Å². The van der Waals surface area contributed by atoms with Gasteiger partial charge in [-0.25, -0.2) is 8.42 Å². The number of rotatable bonds is 1. The van der Waals surface area contributed by atoms with E-state index in [1.54, 1.807) is 11.6 Å². The van der Waals surface area contributed by atoms with Gasteiger partial charge in [0.2, 0.25) is 15.9 Å². The zero-order chi connectivity index (χ0) is 13.1. The lowest BCUT2D eigenvalue weighted by molar-refractivity contribution is -0.668. The Kier molecular flexibility index (Phi) is 4.46. The maximum atomic E-state index is 12.9. The van der Waals surface area contributed by atoms with Crippen molar-refractivity contribution in [3.8, 4) is 0 Å². The van der Waals surface area contributed by atoms with Crippen LogP contribution >= 0.6 is 11.3 Å². The van der Waals surface area contributed by atoms with Crippen molar-refractivity contribution in [3.05, 3.63) is 29.5 Å². The van der Waals surface area contributed by atoms with Gasteiger partial charge in [-0.2, -0.15) is 4.57 Å². The van der Waals surface area contributed by atoms with E-state index in [1.807, 2.05) is 28.7 Å². The van der Waals surface area contributed by atoms with Crippen LogP contribution in [0.1, 0.15) is 0 Å². The lowest BCUT2D eigenvalue weighted by Gasteiger charge is -1.92. The molecule has 1 aromatic heterocycles. The van der Waals surface area contributed by atoms with Crippen molar-refractivity contribution in [2.24, 2.45) is 7.05 Å². The number of para-hydroxylation sites is 1. The zero-order valence-corrected chi connectivity index (χ0v) is 10.1. The van der Waals surface area contributed by atoms with Gasteiger partial charge in [-0.1, -0.05) is 16.5 Å². The first-order valence-electron chi connectivity index (χ1n) is 4.14. The smallest absolute Gasteiger partial charge is 0.421 e. The van der Waals surface area contributed by atoms with Gasteiger partial charge in [0.15, 0.2) is 0 Å². The molecule has 0 N–H and O–H groups in total. The first-order chi connectivity index (χ1) is 7.85. The van der Waals surface area contributed by atoms with E-state index in [-0.39, 0.29) is 5.26 Å². The number of nitrogens with zero attached hydrogens (tertiary/aromatic N) is 1. The first kappa shape index (κ1) is 13.9. The molecule has 2 rings (SSSR count). The molecular weight excluding hydrogens is 276 g/mol. The van der Waals surface area contributed by atoms with Crippen LogP contribution in [0.25, 0.3) is 10.2 Å². The second-order valence-corrected chi connectivity index (χ2v) is 4.78. The van der Waals surface area contributed by atoms with Gasteiger partial charge in [0.1, 0.15) is 11.7 Å². The van der Waals surface area contributed by atoms with E-state index >= 15 is 0 Å². The van der Waals surface area contributed by atoms with Crippen LogP contribution in [0.15, 0.2) is 24.3 Å². The minimum absolute atomic E-state index is 0.147. The summed E-state index contributed by atoms with van der Waals surface area (Å²) in [6.45, 7) is 0. The van der Waals surface area contributed by atoms with E-state index < -0.39 is 10.4 Å². The summed E-state index contributed by atoms with van der Waals surface area (Å²) in [4.78, 5) is 0. The Morgan fingerprint density at radius 1 is 1.41 bits per heavy atom. The number of aryl methyl sites for hydroxylation is 1. The van der Waals surface area contributed by atoms with Crippen LogP contribution in [0.5, 0.6) is 0 Å². The second-order valence-electron chi connectivity index (χ2n) is 2.85. The molecule has 0 aliphatic heterocycles. The van der Waals surface area contributed by atoms with E-state index in [9.17, 15) is 8.92 Å². The molecule has 1 heterocycles. The number of benzene rings is 1. The molecule has 0 atom stereocenters.